The number of carbonyl (C=O) groups is 3. The van der Waals surface area contributed by atoms with Crippen LogP contribution >= 0.6 is 34.5 Å². The van der Waals surface area contributed by atoms with Crippen molar-refractivity contribution in [2.24, 2.45) is 0 Å². The molecule has 1 fully saturated rings. The smallest absolute Gasteiger partial charge is 0.273 e. The molecule has 34 heavy (non-hydrogen) atoms. The van der Waals surface area contributed by atoms with Gasteiger partial charge in [0.2, 0.25) is 11.8 Å². The van der Waals surface area contributed by atoms with E-state index in [2.05, 4.69) is 10.3 Å². The molecule has 1 aromatic heterocycles. The molecule has 184 valence electrons. The standard InChI is InChI=1S/C22H27Cl2N5O4S/c1-15(30)27-7-9-28(10-8-27)20(31)5-6-29(11-12-33-2)21(32)19-14-34-22(26-19)25-18-13-16(23)3-4-17(18)24/h3-4,13-14H,5-12H2,1-2H3,(H,25,26). The third kappa shape index (κ3) is 7.05. The first kappa shape index (κ1) is 26.2. The van der Waals surface area contributed by atoms with Gasteiger partial charge >= 0.3 is 0 Å². The van der Waals surface area contributed by atoms with Gasteiger partial charge in [-0.15, -0.1) is 11.3 Å². The molecule has 0 atom stereocenters. The molecule has 0 aliphatic carbocycles. The van der Waals surface area contributed by atoms with E-state index in [0.29, 0.717) is 60.2 Å². The minimum Gasteiger partial charge on any atom is -0.383 e. The highest BCUT2D eigenvalue weighted by Gasteiger charge is 2.24. The van der Waals surface area contributed by atoms with Gasteiger partial charge in [0, 0.05) is 70.1 Å². The van der Waals surface area contributed by atoms with Crippen molar-refractivity contribution in [2.45, 2.75) is 13.3 Å². The molecule has 0 spiro atoms. The predicted molar refractivity (Wildman–Crippen MR) is 133 cm³/mol. The molecule has 0 saturated carbocycles. The van der Waals surface area contributed by atoms with E-state index in [0.717, 1.165) is 0 Å². The summed E-state index contributed by atoms with van der Waals surface area (Å²) in [6.07, 6.45) is 0.183. The molecular weight excluding hydrogens is 501 g/mol. The van der Waals surface area contributed by atoms with E-state index < -0.39 is 0 Å². The maximum atomic E-state index is 13.1. The molecule has 1 aliphatic heterocycles. The summed E-state index contributed by atoms with van der Waals surface area (Å²) in [6, 6.07) is 5.04. The fourth-order valence-corrected chi connectivity index (χ4v) is 4.51. The number of piperazine rings is 1. The Hall–Kier alpha value is -2.40. The molecule has 1 aliphatic rings. The van der Waals surface area contributed by atoms with Gasteiger partial charge in [0.1, 0.15) is 5.69 Å². The summed E-state index contributed by atoms with van der Waals surface area (Å²) in [5, 5.41) is 6.25. The van der Waals surface area contributed by atoms with Gasteiger partial charge in [-0.3, -0.25) is 14.4 Å². The number of nitrogens with one attached hydrogen (secondary N) is 1. The summed E-state index contributed by atoms with van der Waals surface area (Å²) in [5.74, 6) is -0.319. The first-order chi connectivity index (χ1) is 16.3. The number of hydrogen-bond donors (Lipinski definition) is 1. The predicted octanol–water partition coefficient (Wildman–Crippen LogP) is 3.36. The van der Waals surface area contributed by atoms with Crippen molar-refractivity contribution in [1.29, 1.82) is 0 Å². The average molecular weight is 528 g/mol. The van der Waals surface area contributed by atoms with Gasteiger partial charge in [0.15, 0.2) is 5.13 Å². The van der Waals surface area contributed by atoms with Crippen molar-refractivity contribution in [1.82, 2.24) is 19.7 Å². The van der Waals surface area contributed by atoms with Crippen LogP contribution in [-0.2, 0) is 14.3 Å². The Kier molecular flexibility index (Phi) is 9.52. The zero-order valence-corrected chi connectivity index (χ0v) is 21.4. The zero-order valence-electron chi connectivity index (χ0n) is 19.1. The summed E-state index contributed by atoms with van der Waals surface area (Å²) in [4.78, 5) is 46.7. The van der Waals surface area contributed by atoms with Crippen LogP contribution in [0.1, 0.15) is 23.8 Å². The summed E-state index contributed by atoms with van der Waals surface area (Å²) in [5.41, 5.74) is 0.860. The number of benzene rings is 1. The number of ether oxygens (including phenoxy) is 1. The molecule has 1 N–H and O–H groups in total. The van der Waals surface area contributed by atoms with E-state index in [1.54, 1.807) is 45.4 Å². The van der Waals surface area contributed by atoms with Crippen molar-refractivity contribution in [2.75, 3.05) is 58.3 Å². The van der Waals surface area contributed by atoms with Gasteiger partial charge in [-0.1, -0.05) is 23.2 Å². The maximum absolute atomic E-state index is 13.1. The topological polar surface area (TPSA) is 95.1 Å². The highest BCUT2D eigenvalue weighted by Crippen LogP contribution is 2.30. The number of methoxy groups -OCH3 is 1. The largest absolute Gasteiger partial charge is 0.383 e. The van der Waals surface area contributed by atoms with Gasteiger partial charge < -0.3 is 24.8 Å². The van der Waals surface area contributed by atoms with Crippen molar-refractivity contribution < 1.29 is 19.1 Å². The van der Waals surface area contributed by atoms with Crippen LogP contribution in [0.4, 0.5) is 10.8 Å². The van der Waals surface area contributed by atoms with E-state index in [4.69, 9.17) is 27.9 Å². The third-order valence-electron chi connectivity index (χ3n) is 5.42. The fourth-order valence-electron chi connectivity index (χ4n) is 3.48. The van der Waals surface area contributed by atoms with Crippen LogP contribution in [0.2, 0.25) is 10.0 Å². The number of amides is 3. The molecule has 0 unspecified atom stereocenters. The monoisotopic (exact) mass is 527 g/mol. The second-order valence-corrected chi connectivity index (χ2v) is 9.41. The molecule has 3 amide bonds. The Balaban J connectivity index is 1.60. The second kappa shape index (κ2) is 12.3. The molecule has 2 heterocycles. The van der Waals surface area contributed by atoms with Crippen molar-refractivity contribution >= 4 is 63.1 Å². The van der Waals surface area contributed by atoms with Crippen LogP contribution in [0.5, 0.6) is 0 Å². The summed E-state index contributed by atoms with van der Waals surface area (Å²) < 4.78 is 5.14. The second-order valence-electron chi connectivity index (χ2n) is 7.71. The van der Waals surface area contributed by atoms with Crippen molar-refractivity contribution in [3.63, 3.8) is 0 Å². The molecule has 9 nitrogen and oxygen atoms in total. The summed E-state index contributed by atoms with van der Waals surface area (Å²) in [7, 11) is 1.56. The molecule has 0 radical (unpaired) electrons. The van der Waals surface area contributed by atoms with Crippen LogP contribution in [0.3, 0.4) is 0 Å². The molecule has 1 saturated heterocycles. The Labute approximate surface area is 212 Å². The minimum atomic E-state index is -0.284. The Morgan fingerprint density at radius 2 is 1.85 bits per heavy atom. The lowest BCUT2D eigenvalue weighted by atomic mass is 10.2. The molecular formula is C22H27Cl2N5O4S. The third-order valence-corrected chi connectivity index (χ3v) is 6.74. The normalized spacial score (nSPS) is 13.6. The van der Waals surface area contributed by atoms with Crippen LogP contribution < -0.4 is 5.32 Å². The highest BCUT2D eigenvalue weighted by molar-refractivity contribution is 7.14. The lowest BCUT2D eigenvalue weighted by molar-refractivity contribution is -0.138. The van der Waals surface area contributed by atoms with E-state index in [-0.39, 0.29) is 36.4 Å². The van der Waals surface area contributed by atoms with Gasteiger partial charge in [-0.2, -0.15) is 0 Å². The lowest BCUT2D eigenvalue weighted by Crippen LogP contribution is -2.50. The van der Waals surface area contributed by atoms with E-state index in [1.165, 1.54) is 18.3 Å². The molecule has 2 aromatic rings. The number of aromatic nitrogens is 1. The Bertz CT molecular complexity index is 1030. The number of carbonyl (C=O) groups excluding carboxylic acids is 3. The minimum absolute atomic E-state index is 0.0122. The number of nitrogens with zero attached hydrogens (tertiary/aromatic N) is 4. The van der Waals surface area contributed by atoms with Crippen LogP contribution in [0.25, 0.3) is 0 Å². The van der Waals surface area contributed by atoms with E-state index in [1.807, 2.05) is 0 Å². The van der Waals surface area contributed by atoms with Crippen LogP contribution in [0.15, 0.2) is 23.6 Å². The van der Waals surface area contributed by atoms with E-state index in [9.17, 15) is 14.4 Å². The lowest BCUT2D eigenvalue weighted by Gasteiger charge is -2.34. The number of halogens is 2. The number of rotatable bonds is 9. The van der Waals surface area contributed by atoms with Crippen molar-refractivity contribution in [3.8, 4) is 0 Å². The Morgan fingerprint density at radius 3 is 2.53 bits per heavy atom. The fraction of sp³-hybridized carbons (Fsp3) is 0.455. The molecule has 3 rings (SSSR count). The van der Waals surface area contributed by atoms with Gasteiger partial charge in [0.05, 0.1) is 17.3 Å². The SMILES string of the molecule is COCCN(CCC(=O)N1CCN(C(C)=O)CC1)C(=O)c1csc(Nc2cc(Cl)ccc2Cl)n1. The molecule has 1 aromatic carbocycles. The van der Waals surface area contributed by atoms with Crippen LogP contribution in [0, 0.1) is 0 Å². The Morgan fingerprint density at radius 1 is 1.15 bits per heavy atom. The number of anilines is 2. The average Bonchev–Trinajstić information content (AvgIpc) is 3.29. The first-order valence-corrected chi connectivity index (χ1v) is 12.4. The van der Waals surface area contributed by atoms with Crippen LogP contribution in [-0.4, -0.2) is 90.4 Å². The molecule has 12 heteroatoms. The van der Waals surface area contributed by atoms with E-state index >= 15 is 0 Å². The highest BCUT2D eigenvalue weighted by atomic mass is 35.5. The first-order valence-electron chi connectivity index (χ1n) is 10.8. The zero-order chi connectivity index (χ0) is 24.7. The number of hydrogen-bond acceptors (Lipinski definition) is 7. The summed E-state index contributed by atoms with van der Waals surface area (Å²) in [6.45, 7) is 4.49. The van der Waals surface area contributed by atoms with Gasteiger partial charge in [0.25, 0.3) is 5.91 Å². The summed E-state index contributed by atoms with van der Waals surface area (Å²) >= 11 is 13.5. The van der Waals surface area contributed by atoms with Gasteiger partial charge in [-0.25, -0.2) is 4.98 Å². The number of thiazole rings is 1. The molecule has 0 bridgehead atoms. The van der Waals surface area contributed by atoms with Crippen molar-refractivity contribution in [3.05, 3.63) is 39.3 Å². The van der Waals surface area contributed by atoms with Gasteiger partial charge in [-0.05, 0) is 18.2 Å². The maximum Gasteiger partial charge on any atom is 0.273 e. The quantitative estimate of drug-likeness (QED) is 0.537.